The minimum Gasteiger partial charge on any atom is -0.473 e. The lowest BCUT2D eigenvalue weighted by Gasteiger charge is -2.27. The predicted molar refractivity (Wildman–Crippen MR) is 87.4 cm³/mol. The average molecular weight is 298 g/mol. The summed E-state index contributed by atoms with van der Waals surface area (Å²) in [6, 6.07) is 8.20. The Kier molecular flexibility index (Phi) is 4.53. The summed E-state index contributed by atoms with van der Waals surface area (Å²) in [4.78, 5) is 11.0. The Morgan fingerprint density at radius 1 is 1.14 bits per heavy atom. The Labute approximate surface area is 131 Å². The standard InChI is InChI=1S/C17H22N4O/c1-13-3-4-15(11-14(13)2)12-22-16-5-6-19-17(20-16)21-9-7-18-8-10-21/h3-6,11,18H,7-10,12H2,1-2H3. The number of ether oxygens (including phenoxy) is 1. The first-order valence-electron chi connectivity index (χ1n) is 7.70. The van der Waals surface area contributed by atoms with Gasteiger partial charge in [0.1, 0.15) is 6.61 Å². The van der Waals surface area contributed by atoms with Crippen LogP contribution in [0.5, 0.6) is 5.88 Å². The first-order valence-corrected chi connectivity index (χ1v) is 7.70. The number of rotatable bonds is 4. The zero-order valence-electron chi connectivity index (χ0n) is 13.2. The number of hydrogen-bond acceptors (Lipinski definition) is 5. The summed E-state index contributed by atoms with van der Waals surface area (Å²) in [5.41, 5.74) is 3.74. The van der Waals surface area contributed by atoms with Gasteiger partial charge in [0.05, 0.1) is 0 Å². The number of nitrogens with one attached hydrogen (secondary N) is 1. The van der Waals surface area contributed by atoms with Crippen molar-refractivity contribution in [2.75, 3.05) is 31.1 Å². The largest absolute Gasteiger partial charge is 0.473 e. The van der Waals surface area contributed by atoms with E-state index in [2.05, 4.69) is 52.2 Å². The molecule has 0 unspecified atom stereocenters. The van der Waals surface area contributed by atoms with E-state index >= 15 is 0 Å². The molecule has 0 bridgehead atoms. The van der Waals surface area contributed by atoms with Gasteiger partial charge in [-0.2, -0.15) is 4.98 Å². The van der Waals surface area contributed by atoms with Crippen molar-refractivity contribution in [3.8, 4) is 5.88 Å². The van der Waals surface area contributed by atoms with Gasteiger partial charge < -0.3 is 15.0 Å². The molecule has 1 aromatic carbocycles. The molecule has 0 saturated carbocycles. The summed E-state index contributed by atoms with van der Waals surface area (Å²) < 4.78 is 5.82. The van der Waals surface area contributed by atoms with Gasteiger partial charge in [0, 0.05) is 38.4 Å². The molecular weight excluding hydrogens is 276 g/mol. The van der Waals surface area contributed by atoms with E-state index < -0.39 is 0 Å². The van der Waals surface area contributed by atoms with E-state index in [4.69, 9.17) is 4.74 Å². The van der Waals surface area contributed by atoms with E-state index in [1.54, 1.807) is 6.20 Å². The van der Waals surface area contributed by atoms with Crippen LogP contribution in [-0.2, 0) is 6.61 Å². The van der Waals surface area contributed by atoms with Crippen LogP contribution in [0.1, 0.15) is 16.7 Å². The Hall–Kier alpha value is -2.14. The summed E-state index contributed by atoms with van der Waals surface area (Å²) in [7, 11) is 0. The lowest BCUT2D eigenvalue weighted by Crippen LogP contribution is -2.44. The van der Waals surface area contributed by atoms with Gasteiger partial charge in [0.15, 0.2) is 0 Å². The topological polar surface area (TPSA) is 50.3 Å². The zero-order valence-corrected chi connectivity index (χ0v) is 13.2. The lowest BCUT2D eigenvalue weighted by atomic mass is 10.1. The van der Waals surface area contributed by atoms with Crippen LogP contribution in [0.15, 0.2) is 30.5 Å². The smallest absolute Gasteiger partial charge is 0.228 e. The highest BCUT2D eigenvalue weighted by Gasteiger charge is 2.13. The second-order valence-electron chi connectivity index (χ2n) is 5.64. The third kappa shape index (κ3) is 3.54. The van der Waals surface area contributed by atoms with E-state index in [1.807, 2.05) is 6.07 Å². The second kappa shape index (κ2) is 6.75. The molecule has 1 aliphatic heterocycles. The molecule has 2 heterocycles. The van der Waals surface area contributed by atoms with Gasteiger partial charge >= 0.3 is 0 Å². The fraction of sp³-hybridized carbons (Fsp3) is 0.412. The fourth-order valence-electron chi connectivity index (χ4n) is 2.48. The van der Waals surface area contributed by atoms with E-state index in [0.717, 1.165) is 37.7 Å². The van der Waals surface area contributed by atoms with Gasteiger partial charge in [-0.1, -0.05) is 18.2 Å². The summed E-state index contributed by atoms with van der Waals surface area (Å²) in [5, 5.41) is 3.33. The Bertz CT molecular complexity index is 638. The van der Waals surface area contributed by atoms with Crippen molar-refractivity contribution in [2.45, 2.75) is 20.5 Å². The molecule has 1 saturated heterocycles. The van der Waals surface area contributed by atoms with Crippen molar-refractivity contribution >= 4 is 5.95 Å². The molecule has 0 atom stereocenters. The summed E-state index contributed by atoms with van der Waals surface area (Å²) in [6.45, 7) is 8.56. The number of nitrogens with zero attached hydrogens (tertiary/aromatic N) is 3. The van der Waals surface area contributed by atoms with Crippen LogP contribution < -0.4 is 15.0 Å². The van der Waals surface area contributed by atoms with Gasteiger partial charge in [-0.3, -0.25) is 0 Å². The molecule has 0 aliphatic carbocycles. The maximum atomic E-state index is 5.82. The maximum Gasteiger partial charge on any atom is 0.228 e. The monoisotopic (exact) mass is 298 g/mol. The van der Waals surface area contributed by atoms with Crippen LogP contribution in [0, 0.1) is 13.8 Å². The highest BCUT2D eigenvalue weighted by atomic mass is 16.5. The number of hydrogen-bond donors (Lipinski definition) is 1. The molecule has 3 rings (SSSR count). The minimum absolute atomic E-state index is 0.527. The normalized spacial score (nSPS) is 14.9. The molecule has 1 aromatic heterocycles. The van der Waals surface area contributed by atoms with Crippen LogP contribution in [0.4, 0.5) is 5.95 Å². The highest BCUT2D eigenvalue weighted by molar-refractivity contribution is 5.33. The van der Waals surface area contributed by atoms with Gasteiger partial charge in [-0.25, -0.2) is 4.98 Å². The van der Waals surface area contributed by atoms with Crippen LogP contribution in [0.2, 0.25) is 0 Å². The van der Waals surface area contributed by atoms with Crippen molar-refractivity contribution < 1.29 is 4.74 Å². The Balaban J connectivity index is 1.66. The van der Waals surface area contributed by atoms with Crippen molar-refractivity contribution in [3.05, 3.63) is 47.2 Å². The van der Waals surface area contributed by atoms with E-state index in [0.29, 0.717) is 12.5 Å². The molecule has 2 aromatic rings. The van der Waals surface area contributed by atoms with E-state index in [1.165, 1.54) is 11.1 Å². The molecule has 1 N–H and O–H groups in total. The predicted octanol–water partition coefficient (Wildman–Crippen LogP) is 2.08. The van der Waals surface area contributed by atoms with Crippen molar-refractivity contribution in [3.63, 3.8) is 0 Å². The fourth-order valence-corrected chi connectivity index (χ4v) is 2.48. The van der Waals surface area contributed by atoms with Gasteiger partial charge in [-0.05, 0) is 30.5 Å². The Morgan fingerprint density at radius 2 is 1.95 bits per heavy atom. The van der Waals surface area contributed by atoms with E-state index in [-0.39, 0.29) is 0 Å². The van der Waals surface area contributed by atoms with Crippen LogP contribution in [-0.4, -0.2) is 36.1 Å². The van der Waals surface area contributed by atoms with Crippen LogP contribution in [0.3, 0.4) is 0 Å². The van der Waals surface area contributed by atoms with Gasteiger partial charge in [-0.15, -0.1) is 0 Å². The molecule has 116 valence electrons. The summed E-state index contributed by atoms with van der Waals surface area (Å²) >= 11 is 0. The van der Waals surface area contributed by atoms with Crippen molar-refractivity contribution in [2.24, 2.45) is 0 Å². The third-order valence-corrected chi connectivity index (χ3v) is 3.98. The summed E-state index contributed by atoms with van der Waals surface area (Å²) in [6.07, 6.45) is 1.76. The zero-order chi connectivity index (χ0) is 15.4. The highest BCUT2D eigenvalue weighted by Crippen LogP contribution is 2.16. The quantitative estimate of drug-likeness (QED) is 0.936. The number of anilines is 1. The molecule has 0 amide bonds. The SMILES string of the molecule is Cc1ccc(COc2ccnc(N3CCNCC3)n2)cc1C. The number of piperazine rings is 1. The molecule has 22 heavy (non-hydrogen) atoms. The molecule has 0 radical (unpaired) electrons. The van der Waals surface area contributed by atoms with Gasteiger partial charge in [0.25, 0.3) is 0 Å². The van der Waals surface area contributed by atoms with Crippen molar-refractivity contribution in [1.29, 1.82) is 0 Å². The molecule has 1 aliphatic rings. The number of aryl methyl sites for hydroxylation is 2. The third-order valence-electron chi connectivity index (χ3n) is 3.98. The molecule has 1 fully saturated rings. The molecule has 0 spiro atoms. The maximum absolute atomic E-state index is 5.82. The van der Waals surface area contributed by atoms with Crippen LogP contribution >= 0.6 is 0 Å². The number of benzene rings is 1. The number of aromatic nitrogens is 2. The molecule has 5 heteroatoms. The van der Waals surface area contributed by atoms with Crippen molar-refractivity contribution in [1.82, 2.24) is 15.3 Å². The Morgan fingerprint density at radius 3 is 2.73 bits per heavy atom. The minimum atomic E-state index is 0.527. The molecular formula is C17H22N4O. The second-order valence-corrected chi connectivity index (χ2v) is 5.64. The average Bonchev–Trinajstić information content (AvgIpc) is 2.57. The van der Waals surface area contributed by atoms with Gasteiger partial charge in [0.2, 0.25) is 11.8 Å². The lowest BCUT2D eigenvalue weighted by molar-refractivity contribution is 0.293. The first-order chi connectivity index (χ1) is 10.7. The van der Waals surface area contributed by atoms with E-state index in [9.17, 15) is 0 Å². The first kappa shape index (κ1) is 14.8. The molecule has 5 nitrogen and oxygen atoms in total. The summed E-state index contributed by atoms with van der Waals surface area (Å²) in [5.74, 6) is 1.38. The van der Waals surface area contributed by atoms with Crippen LogP contribution in [0.25, 0.3) is 0 Å².